The van der Waals surface area contributed by atoms with Gasteiger partial charge in [-0.25, -0.2) is 13.4 Å². The van der Waals surface area contributed by atoms with E-state index >= 15 is 0 Å². The maximum absolute atomic E-state index is 12.0. The van der Waals surface area contributed by atoms with Crippen LogP contribution in [0.5, 0.6) is 0 Å². The Labute approximate surface area is 148 Å². The predicted molar refractivity (Wildman–Crippen MR) is 101 cm³/mol. The minimum absolute atomic E-state index is 0.0618. The van der Waals surface area contributed by atoms with E-state index in [4.69, 9.17) is 4.42 Å². The lowest BCUT2D eigenvalue weighted by Crippen LogP contribution is -2.21. The summed E-state index contributed by atoms with van der Waals surface area (Å²) in [6.07, 6.45) is 0. The molecule has 0 aliphatic heterocycles. The van der Waals surface area contributed by atoms with Crippen LogP contribution in [0, 0.1) is 0 Å². The summed E-state index contributed by atoms with van der Waals surface area (Å²) in [5.74, 6) is 0.555. The fraction of sp³-hybridized carbons (Fsp3) is 0.316. The van der Waals surface area contributed by atoms with E-state index in [2.05, 4.69) is 23.7 Å². The molecule has 0 aliphatic rings. The molecule has 0 unspecified atom stereocenters. The third-order valence-electron chi connectivity index (χ3n) is 4.34. The maximum atomic E-state index is 12.0. The number of hydrogen-bond acceptors (Lipinski definition) is 5. The molecule has 5 nitrogen and oxygen atoms in total. The number of nitrogens with zero attached hydrogens (tertiary/aromatic N) is 2. The van der Waals surface area contributed by atoms with Crippen molar-refractivity contribution in [3.8, 4) is 11.5 Å². The van der Waals surface area contributed by atoms with Crippen LogP contribution in [0.25, 0.3) is 22.6 Å². The summed E-state index contributed by atoms with van der Waals surface area (Å²) < 4.78 is 29.8. The summed E-state index contributed by atoms with van der Waals surface area (Å²) in [7, 11) is -3.26. The van der Waals surface area contributed by atoms with Crippen LogP contribution in [-0.4, -0.2) is 32.2 Å². The number of sulfone groups is 1. The fourth-order valence-corrected chi connectivity index (χ4v) is 3.69. The van der Waals surface area contributed by atoms with Crippen LogP contribution in [0.2, 0.25) is 0 Å². The van der Waals surface area contributed by atoms with Crippen LogP contribution < -0.4 is 4.90 Å². The Morgan fingerprint density at radius 2 is 1.68 bits per heavy atom. The molecule has 0 atom stereocenters. The van der Waals surface area contributed by atoms with Crippen LogP contribution in [-0.2, 0) is 9.84 Å². The van der Waals surface area contributed by atoms with Crippen molar-refractivity contribution < 1.29 is 12.8 Å². The third kappa shape index (κ3) is 3.39. The van der Waals surface area contributed by atoms with Gasteiger partial charge in [0.1, 0.15) is 5.52 Å². The summed E-state index contributed by atoms with van der Waals surface area (Å²) in [6.45, 7) is 7.78. The van der Waals surface area contributed by atoms with Gasteiger partial charge in [0.2, 0.25) is 5.89 Å². The van der Waals surface area contributed by atoms with Crippen molar-refractivity contribution in [2.24, 2.45) is 0 Å². The summed E-state index contributed by atoms with van der Waals surface area (Å²) in [5.41, 5.74) is 3.16. The normalized spacial score (nSPS) is 11.8. The molecule has 6 heteroatoms. The molecular weight excluding hydrogens is 336 g/mol. The molecule has 0 saturated carbocycles. The second-order valence-corrected chi connectivity index (χ2v) is 8.05. The largest absolute Gasteiger partial charge is 0.436 e. The molecule has 25 heavy (non-hydrogen) atoms. The molecule has 0 aliphatic carbocycles. The standard InChI is InChI=1S/C19H22N2O3S/c1-4-21(5-2)15-9-7-14(8-10-15)19-20-17-12-11-16(13-18(17)24-19)25(22,23)6-3/h7-13H,4-6H2,1-3H3. The molecule has 0 radical (unpaired) electrons. The van der Waals surface area contributed by atoms with Crippen LogP contribution in [0.3, 0.4) is 0 Å². The summed E-state index contributed by atoms with van der Waals surface area (Å²) in [4.78, 5) is 7.00. The molecule has 0 N–H and O–H groups in total. The number of aromatic nitrogens is 1. The highest BCUT2D eigenvalue weighted by Crippen LogP contribution is 2.28. The minimum Gasteiger partial charge on any atom is -0.436 e. The highest BCUT2D eigenvalue weighted by Gasteiger charge is 2.15. The highest BCUT2D eigenvalue weighted by molar-refractivity contribution is 7.91. The van der Waals surface area contributed by atoms with Crippen molar-refractivity contribution >= 4 is 26.6 Å². The van der Waals surface area contributed by atoms with E-state index in [0.717, 1.165) is 24.3 Å². The second-order valence-electron chi connectivity index (χ2n) is 5.77. The Balaban J connectivity index is 1.97. The lowest BCUT2D eigenvalue weighted by atomic mass is 10.2. The van der Waals surface area contributed by atoms with Gasteiger partial charge in [-0.1, -0.05) is 6.92 Å². The van der Waals surface area contributed by atoms with Crippen molar-refractivity contribution in [2.45, 2.75) is 25.7 Å². The van der Waals surface area contributed by atoms with Gasteiger partial charge in [-0.15, -0.1) is 0 Å². The quantitative estimate of drug-likeness (QED) is 0.663. The SMILES string of the molecule is CCN(CC)c1ccc(-c2nc3ccc(S(=O)(=O)CC)cc3o2)cc1. The van der Waals surface area contributed by atoms with E-state index in [9.17, 15) is 8.42 Å². The minimum atomic E-state index is -3.26. The van der Waals surface area contributed by atoms with Crippen molar-refractivity contribution in [3.63, 3.8) is 0 Å². The van der Waals surface area contributed by atoms with Gasteiger partial charge in [-0.2, -0.15) is 0 Å². The number of benzene rings is 2. The van der Waals surface area contributed by atoms with Gasteiger partial charge < -0.3 is 9.32 Å². The van der Waals surface area contributed by atoms with Crippen molar-refractivity contribution in [1.29, 1.82) is 0 Å². The lowest BCUT2D eigenvalue weighted by molar-refractivity contribution is 0.595. The summed E-state index contributed by atoms with van der Waals surface area (Å²) in [6, 6.07) is 12.9. The van der Waals surface area contributed by atoms with E-state index < -0.39 is 9.84 Å². The maximum Gasteiger partial charge on any atom is 0.227 e. The Morgan fingerprint density at radius 1 is 1.00 bits per heavy atom. The number of hydrogen-bond donors (Lipinski definition) is 0. The molecule has 1 aromatic heterocycles. The topological polar surface area (TPSA) is 63.4 Å². The average molecular weight is 358 g/mol. The van der Waals surface area contributed by atoms with Gasteiger partial charge in [-0.3, -0.25) is 0 Å². The number of fused-ring (bicyclic) bond motifs is 1. The van der Waals surface area contributed by atoms with Gasteiger partial charge in [0, 0.05) is 30.4 Å². The van der Waals surface area contributed by atoms with Gasteiger partial charge in [-0.05, 0) is 50.2 Å². The number of anilines is 1. The highest BCUT2D eigenvalue weighted by atomic mass is 32.2. The molecule has 0 spiro atoms. The molecule has 0 bridgehead atoms. The van der Waals surface area contributed by atoms with Crippen LogP contribution >= 0.6 is 0 Å². The average Bonchev–Trinajstić information content (AvgIpc) is 3.06. The fourth-order valence-electron chi connectivity index (χ4n) is 2.79. The molecule has 1 heterocycles. The van der Waals surface area contributed by atoms with Crippen molar-refractivity contribution in [1.82, 2.24) is 4.98 Å². The zero-order valence-electron chi connectivity index (χ0n) is 14.7. The van der Waals surface area contributed by atoms with E-state index in [1.807, 2.05) is 24.3 Å². The molecule has 3 rings (SSSR count). The van der Waals surface area contributed by atoms with Crippen LogP contribution in [0.15, 0.2) is 51.8 Å². The predicted octanol–water partition coefficient (Wildman–Crippen LogP) is 4.13. The Kier molecular flexibility index (Phi) is 4.81. The number of rotatable bonds is 6. The van der Waals surface area contributed by atoms with Gasteiger partial charge in [0.25, 0.3) is 0 Å². The summed E-state index contributed by atoms with van der Waals surface area (Å²) >= 11 is 0. The van der Waals surface area contributed by atoms with Gasteiger partial charge in [0.05, 0.1) is 10.6 Å². The zero-order chi connectivity index (χ0) is 18.0. The van der Waals surface area contributed by atoms with Crippen LogP contribution in [0.1, 0.15) is 20.8 Å². The zero-order valence-corrected chi connectivity index (χ0v) is 15.5. The second kappa shape index (κ2) is 6.88. The van der Waals surface area contributed by atoms with E-state index in [1.54, 1.807) is 25.1 Å². The van der Waals surface area contributed by atoms with Gasteiger partial charge >= 0.3 is 0 Å². The molecule has 2 aromatic carbocycles. The molecule has 132 valence electrons. The number of oxazole rings is 1. The Bertz CT molecular complexity index is 972. The molecule has 0 amide bonds. The summed E-state index contributed by atoms with van der Waals surface area (Å²) in [5, 5.41) is 0. The first kappa shape index (κ1) is 17.5. The molecular formula is C19H22N2O3S. The van der Waals surface area contributed by atoms with Crippen molar-refractivity contribution in [3.05, 3.63) is 42.5 Å². The Hall–Kier alpha value is -2.34. The van der Waals surface area contributed by atoms with Crippen molar-refractivity contribution in [2.75, 3.05) is 23.7 Å². The first-order valence-electron chi connectivity index (χ1n) is 8.47. The lowest BCUT2D eigenvalue weighted by Gasteiger charge is -2.20. The monoisotopic (exact) mass is 358 g/mol. The molecule has 0 fully saturated rings. The van der Waals surface area contributed by atoms with Gasteiger partial charge in [0.15, 0.2) is 15.4 Å². The van der Waals surface area contributed by atoms with E-state index in [1.165, 1.54) is 0 Å². The molecule has 0 saturated heterocycles. The molecule has 3 aromatic rings. The Morgan fingerprint density at radius 3 is 2.28 bits per heavy atom. The van der Waals surface area contributed by atoms with E-state index in [-0.39, 0.29) is 10.6 Å². The first-order valence-corrected chi connectivity index (χ1v) is 10.1. The third-order valence-corrected chi connectivity index (χ3v) is 6.07. The smallest absolute Gasteiger partial charge is 0.227 e. The van der Waals surface area contributed by atoms with Crippen LogP contribution in [0.4, 0.5) is 5.69 Å². The first-order chi connectivity index (χ1) is 12.0. The van der Waals surface area contributed by atoms with E-state index in [0.29, 0.717) is 17.0 Å².